The van der Waals surface area contributed by atoms with Crippen molar-refractivity contribution in [1.29, 1.82) is 0 Å². The largest absolute Gasteiger partial charge is 0.354 e. The first kappa shape index (κ1) is 16.0. The number of rotatable bonds is 6. The van der Waals surface area contributed by atoms with E-state index in [1.165, 1.54) is 24.0 Å². The van der Waals surface area contributed by atoms with Gasteiger partial charge in [-0.05, 0) is 37.4 Å². The number of nitrogens with zero attached hydrogens (tertiary/aromatic N) is 1. The van der Waals surface area contributed by atoms with Crippen LogP contribution in [0.5, 0.6) is 0 Å². The average Bonchev–Trinajstić information content (AvgIpc) is 2.49. The van der Waals surface area contributed by atoms with Crippen LogP contribution in [0.15, 0.2) is 24.3 Å². The number of carbonyl (C=O) groups excluding carboxylic acids is 1. The highest BCUT2D eigenvalue weighted by molar-refractivity contribution is 5.76. The molecule has 1 heterocycles. The Labute approximate surface area is 127 Å². The molecule has 1 aromatic rings. The minimum Gasteiger partial charge on any atom is -0.354 e. The average molecular weight is 289 g/mol. The van der Waals surface area contributed by atoms with Gasteiger partial charge < -0.3 is 11.1 Å². The molecule has 0 radical (unpaired) electrons. The third kappa shape index (κ3) is 4.83. The summed E-state index contributed by atoms with van der Waals surface area (Å²) < 4.78 is 0. The molecule has 1 fully saturated rings. The molecule has 116 valence electrons. The third-order valence-corrected chi connectivity index (χ3v) is 4.29. The summed E-state index contributed by atoms with van der Waals surface area (Å²) in [4.78, 5) is 14.1. The summed E-state index contributed by atoms with van der Waals surface area (Å²) in [5, 5.41) is 3.02. The first-order valence-corrected chi connectivity index (χ1v) is 7.96. The molecule has 1 aliphatic rings. The normalized spacial score (nSPS) is 19.4. The molecule has 1 aromatic carbocycles. The van der Waals surface area contributed by atoms with Gasteiger partial charge in [-0.15, -0.1) is 0 Å². The van der Waals surface area contributed by atoms with Crippen molar-refractivity contribution in [3.63, 3.8) is 0 Å². The molecule has 1 unspecified atom stereocenters. The predicted molar refractivity (Wildman–Crippen MR) is 85.9 cm³/mol. The van der Waals surface area contributed by atoms with Crippen LogP contribution in [0, 0.1) is 6.92 Å². The van der Waals surface area contributed by atoms with Crippen LogP contribution in [0.25, 0.3) is 0 Å². The van der Waals surface area contributed by atoms with Crippen molar-refractivity contribution >= 4 is 5.91 Å². The van der Waals surface area contributed by atoms with Gasteiger partial charge in [-0.2, -0.15) is 0 Å². The number of likely N-dealkylation sites (tertiary alicyclic amines) is 1. The Hall–Kier alpha value is -1.39. The van der Waals surface area contributed by atoms with Crippen LogP contribution < -0.4 is 11.1 Å². The van der Waals surface area contributed by atoms with Gasteiger partial charge in [0.2, 0.25) is 5.91 Å². The summed E-state index contributed by atoms with van der Waals surface area (Å²) in [5.41, 5.74) is 8.14. The Morgan fingerprint density at radius 1 is 1.38 bits per heavy atom. The zero-order valence-corrected chi connectivity index (χ0v) is 13.0. The van der Waals surface area contributed by atoms with Crippen LogP contribution in [0.2, 0.25) is 0 Å². The van der Waals surface area contributed by atoms with Gasteiger partial charge in [0.05, 0.1) is 0 Å². The van der Waals surface area contributed by atoms with E-state index < -0.39 is 0 Å². The molecule has 21 heavy (non-hydrogen) atoms. The highest BCUT2D eigenvalue weighted by Crippen LogP contribution is 2.20. The first-order valence-electron chi connectivity index (χ1n) is 7.96. The number of benzene rings is 1. The van der Waals surface area contributed by atoms with E-state index in [0.29, 0.717) is 19.0 Å². The zero-order valence-electron chi connectivity index (χ0n) is 13.0. The van der Waals surface area contributed by atoms with E-state index in [1.807, 2.05) is 0 Å². The second kappa shape index (κ2) is 8.15. The molecule has 0 bridgehead atoms. The maximum Gasteiger partial charge on any atom is 0.221 e. The Balaban J connectivity index is 1.92. The van der Waals surface area contributed by atoms with Crippen LogP contribution in [-0.4, -0.2) is 36.5 Å². The van der Waals surface area contributed by atoms with E-state index >= 15 is 0 Å². The molecule has 4 heteroatoms. The van der Waals surface area contributed by atoms with Gasteiger partial charge in [0.25, 0.3) is 0 Å². The summed E-state index contributed by atoms with van der Waals surface area (Å²) in [6.45, 7) is 5.42. The molecule has 1 saturated heterocycles. The van der Waals surface area contributed by atoms with Gasteiger partial charge >= 0.3 is 0 Å². The molecule has 0 aromatic heterocycles. The molecule has 1 atom stereocenters. The minimum absolute atomic E-state index is 0.0684. The topological polar surface area (TPSA) is 58.4 Å². The monoisotopic (exact) mass is 289 g/mol. The number of carbonyl (C=O) groups is 1. The van der Waals surface area contributed by atoms with Crippen molar-refractivity contribution in [2.45, 2.75) is 45.2 Å². The van der Waals surface area contributed by atoms with E-state index in [9.17, 15) is 4.79 Å². The lowest BCUT2D eigenvalue weighted by Gasteiger charge is -2.36. The van der Waals surface area contributed by atoms with Crippen molar-refractivity contribution in [3.05, 3.63) is 35.4 Å². The molecule has 1 amide bonds. The number of aryl methyl sites for hydroxylation is 1. The van der Waals surface area contributed by atoms with E-state index in [1.54, 1.807) is 0 Å². The molecular formula is C17H27N3O. The van der Waals surface area contributed by atoms with Crippen LogP contribution >= 0.6 is 0 Å². The number of nitrogens with two attached hydrogens (primary N) is 1. The maximum atomic E-state index is 11.6. The summed E-state index contributed by atoms with van der Waals surface area (Å²) in [6, 6.07) is 9.00. The lowest BCUT2D eigenvalue weighted by molar-refractivity contribution is -0.121. The second-order valence-corrected chi connectivity index (χ2v) is 5.89. The van der Waals surface area contributed by atoms with Crippen molar-refractivity contribution in [2.75, 3.05) is 19.6 Å². The number of amides is 1. The minimum atomic E-state index is 0.0684. The Morgan fingerprint density at radius 3 is 2.95 bits per heavy atom. The molecule has 0 saturated carbocycles. The number of nitrogens with one attached hydrogen (secondary N) is 1. The Morgan fingerprint density at radius 2 is 2.19 bits per heavy atom. The summed E-state index contributed by atoms with van der Waals surface area (Å²) in [6.07, 6.45) is 4.08. The summed E-state index contributed by atoms with van der Waals surface area (Å²) in [7, 11) is 0. The number of hydrogen-bond donors (Lipinski definition) is 2. The van der Waals surface area contributed by atoms with Crippen LogP contribution in [0.4, 0.5) is 0 Å². The molecule has 0 aliphatic carbocycles. The van der Waals surface area contributed by atoms with E-state index in [-0.39, 0.29) is 5.91 Å². The van der Waals surface area contributed by atoms with Gasteiger partial charge in [0.15, 0.2) is 0 Å². The van der Waals surface area contributed by atoms with Crippen molar-refractivity contribution < 1.29 is 4.79 Å². The fraction of sp³-hybridized carbons (Fsp3) is 0.588. The maximum absolute atomic E-state index is 11.6. The molecular weight excluding hydrogens is 262 g/mol. The molecule has 0 spiro atoms. The number of hydrogen-bond acceptors (Lipinski definition) is 3. The highest BCUT2D eigenvalue weighted by Gasteiger charge is 2.23. The fourth-order valence-corrected chi connectivity index (χ4v) is 2.96. The van der Waals surface area contributed by atoms with Gasteiger partial charge in [-0.3, -0.25) is 9.69 Å². The van der Waals surface area contributed by atoms with Gasteiger partial charge in [0, 0.05) is 32.1 Å². The van der Waals surface area contributed by atoms with Crippen molar-refractivity contribution in [1.82, 2.24) is 10.2 Å². The Bertz CT molecular complexity index is 461. The lowest BCUT2D eigenvalue weighted by atomic mass is 10.00. The van der Waals surface area contributed by atoms with Crippen molar-refractivity contribution in [3.8, 4) is 0 Å². The first-order chi connectivity index (χ1) is 10.2. The standard InChI is InChI=1S/C17H27N3O/c1-14-6-2-3-7-15(14)13-20-11-5-4-8-16(20)12-19-17(21)9-10-18/h2-3,6-7,16H,4-5,8-13,18H2,1H3,(H,19,21). The smallest absolute Gasteiger partial charge is 0.221 e. The van der Waals surface area contributed by atoms with Crippen molar-refractivity contribution in [2.24, 2.45) is 5.73 Å². The zero-order chi connectivity index (χ0) is 15.1. The molecule has 3 N–H and O–H groups in total. The predicted octanol–water partition coefficient (Wildman–Crippen LogP) is 1.81. The summed E-state index contributed by atoms with van der Waals surface area (Å²) in [5.74, 6) is 0.0684. The van der Waals surface area contributed by atoms with Gasteiger partial charge in [0.1, 0.15) is 0 Å². The fourth-order valence-electron chi connectivity index (χ4n) is 2.96. The van der Waals surface area contributed by atoms with Crippen LogP contribution in [-0.2, 0) is 11.3 Å². The van der Waals surface area contributed by atoms with Crippen LogP contribution in [0.3, 0.4) is 0 Å². The lowest BCUT2D eigenvalue weighted by Crippen LogP contribution is -2.46. The second-order valence-electron chi connectivity index (χ2n) is 5.89. The molecule has 2 rings (SSSR count). The number of piperidine rings is 1. The SMILES string of the molecule is Cc1ccccc1CN1CCCCC1CNC(=O)CCN. The van der Waals surface area contributed by atoms with E-state index in [2.05, 4.69) is 41.4 Å². The third-order valence-electron chi connectivity index (χ3n) is 4.29. The highest BCUT2D eigenvalue weighted by atomic mass is 16.1. The van der Waals surface area contributed by atoms with Gasteiger partial charge in [-0.25, -0.2) is 0 Å². The van der Waals surface area contributed by atoms with E-state index in [4.69, 9.17) is 5.73 Å². The van der Waals surface area contributed by atoms with Gasteiger partial charge in [-0.1, -0.05) is 30.7 Å². The molecule has 4 nitrogen and oxygen atoms in total. The summed E-state index contributed by atoms with van der Waals surface area (Å²) >= 11 is 0. The Kier molecular flexibility index (Phi) is 6.21. The van der Waals surface area contributed by atoms with E-state index in [0.717, 1.165) is 26.1 Å². The molecule has 1 aliphatic heterocycles. The quantitative estimate of drug-likeness (QED) is 0.840. The van der Waals surface area contributed by atoms with Crippen LogP contribution in [0.1, 0.15) is 36.8 Å².